The van der Waals surface area contributed by atoms with E-state index >= 15 is 0 Å². The summed E-state index contributed by atoms with van der Waals surface area (Å²) >= 11 is 0. The van der Waals surface area contributed by atoms with Gasteiger partial charge in [0.1, 0.15) is 0 Å². The second-order valence-electron chi connectivity index (χ2n) is 0.902. The zero-order valence-corrected chi connectivity index (χ0v) is 2.71. The van der Waals surface area contributed by atoms with Crippen molar-refractivity contribution in [2.24, 2.45) is 0 Å². The summed E-state index contributed by atoms with van der Waals surface area (Å²) in [4.78, 5) is 0. The van der Waals surface area contributed by atoms with Gasteiger partial charge in [-0.1, -0.05) is 6.82 Å². The molecule has 0 aromatic carbocycles. The maximum atomic E-state index is 10.4. The van der Waals surface area contributed by atoms with Gasteiger partial charge >= 0.3 is 58.4 Å². The molecule has 0 amide bonds. The third-order valence-electron chi connectivity index (χ3n) is 0. The van der Waals surface area contributed by atoms with Crippen molar-refractivity contribution in [2.45, 2.75) is 6.82 Å². The minimum absolute atomic E-state index is 0. The Balaban J connectivity index is 0. The molecule has 0 aliphatic carbocycles. The van der Waals surface area contributed by atoms with Crippen LogP contribution in [0.25, 0.3) is 0 Å². The Morgan fingerprint density at radius 1 is 1.17 bits per heavy atom. The summed E-state index contributed by atoms with van der Waals surface area (Å²) in [6.45, 7) is -4.25. The van der Waals surface area contributed by atoms with Crippen LogP contribution in [0.15, 0.2) is 0 Å². The fourth-order valence-corrected chi connectivity index (χ4v) is 0. The molecule has 5 heteroatoms. The Kier molecular flexibility index (Phi) is 6.09. The Bertz CT molecular complexity index is 26.3. The number of hydrogen-bond acceptors (Lipinski definition) is 0. The van der Waals surface area contributed by atoms with E-state index in [-0.39, 0.29) is 58.2 Å². The summed E-state index contributed by atoms with van der Waals surface area (Å²) < 4.78 is 31.2. The first-order valence-corrected chi connectivity index (χ1v) is 1.23. The van der Waals surface area contributed by atoms with E-state index in [1.807, 2.05) is 0 Å². The molecule has 0 rings (SSSR count). The van der Waals surface area contributed by atoms with Crippen molar-refractivity contribution in [1.29, 1.82) is 0 Å². The zero-order valence-electron chi connectivity index (χ0n) is 2.71. The number of halogens is 3. The van der Waals surface area contributed by atoms with Crippen LogP contribution in [0.1, 0.15) is 0 Å². The van der Waals surface area contributed by atoms with E-state index in [1.54, 1.807) is 0 Å². The van der Waals surface area contributed by atoms with Crippen molar-refractivity contribution < 1.29 is 12.9 Å². The summed E-state index contributed by atoms with van der Waals surface area (Å²) in [6, 6.07) is 0. The predicted octanol–water partition coefficient (Wildman–Crippen LogP) is 0.815. The van der Waals surface area contributed by atoms with Gasteiger partial charge in [0.15, 0.2) is 0 Å². The Hall–Kier alpha value is 1.49. The molecule has 0 atom stereocenters. The van der Waals surface area contributed by atoms with E-state index in [0.29, 0.717) is 0 Å². The van der Waals surface area contributed by atoms with E-state index in [4.69, 9.17) is 0 Å². The molecule has 0 aliphatic heterocycles. The normalized spacial score (nSPS) is 10.0. The molecule has 0 unspecified atom stereocenters. The van der Waals surface area contributed by atoms with Crippen LogP contribution >= 0.6 is 0 Å². The van der Waals surface area contributed by atoms with Gasteiger partial charge in [-0.3, -0.25) is 0 Å². The average molecular weight is 123 g/mol. The van der Waals surface area contributed by atoms with Crippen LogP contribution in [0.2, 0.25) is 6.82 Å². The molecule has 0 saturated carbocycles. The first kappa shape index (κ1) is 10.5. The van der Waals surface area contributed by atoms with Crippen LogP contribution in [-0.2, 0) is 0 Å². The van der Waals surface area contributed by atoms with Crippen molar-refractivity contribution in [3.8, 4) is 0 Å². The average Bonchev–Trinajstić information content (AvgIpc) is 0.722. The SMILES string of the molecule is C[B-](F)(F)F.[KH]. The van der Waals surface area contributed by atoms with Crippen molar-refractivity contribution in [2.75, 3.05) is 0 Å². The molecule has 0 heterocycles. The van der Waals surface area contributed by atoms with Gasteiger partial charge in [-0.15, -0.1) is 0 Å². The van der Waals surface area contributed by atoms with E-state index < -0.39 is 6.98 Å². The first-order valence-electron chi connectivity index (χ1n) is 1.23. The van der Waals surface area contributed by atoms with Gasteiger partial charge in [-0.05, 0) is 0 Å². The van der Waals surface area contributed by atoms with E-state index in [9.17, 15) is 12.9 Å². The van der Waals surface area contributed by atoms with Crippen LogP contribution in [0.3, 0.4) is 0 Å². The summed E-state index contributed by atoms with van der Waals surface area (Å²) in [5.74, 6) is 0. The zero-order chi connectivity index (χ0) is 4.50. The summed E-state index contributed by atoms with van der Waals surface area (Å²) in [7, 11) is 0. The van der Waals surface area contributed by atoms with Crippen molar-refractivity contribution in [1.82, 2.24) is 0 Å². The van der Waals surface area contributed by atoms with Crippen LogP contribution < -0.4 is 0 Å². The second-order valence-corrected chi connectivity index (χ2v) is 0.902. The molecule has 0 aromatic rings. The van der Waals surface area contributed by atoms with Gasteiger partial charge in [0.05, 0.1) is 0 Å². The molecule has 0 saturated heterocycles. The molecule has 0 aromatic heterocycles. The van der Waals surface area contributed by atoms with Crippen LogP contribution in [0, 0.1) is 0 Å². The van der Waals surface area contributed by atoms with Crippen LogP contribution in [0.4, 0.5) is 12.9 Å². The Labute approximate surface area is 77.0 Å². The van der Waals surface area contributed by atoms with Gasteiger partial charge in [0.25, 0.3) is 0 Å². The predicted molar refractivity (Wildman–Crippen MR) is 22.1 cm³/mol. The fraction of sp³-hybridized carbons (Fsp3) is 1.00. The third kappa shape index (κ3) is 49.8. The minimum atomic E-state index is -4.50. The van der Waals surface area contributed by atoms with Crippen molar-refractivity contribution in [3.63, 3.8) is 0 Å². The van der Waals surface area contributed by atoms with Crippen molar-refractivity contribution in [3.05, 3.63) is 0 Å². The van der Waals surface area contributed by atoms with Gasteiger partial charge in [0, 0.05) is 0 Å². The van der Waals surface area contributed by atoms with Gasteiger partial charge in [-0.25, -0.2) is 0 Å². The Morgan fingerprint density at radius 2 is 1.17 bits per heavy atom. The first-order chi connectivity index (χ1) is 2.00. The third-order valence-corrected chi connectivity index (χ3v) is 0. The molecule has 6 heavy (non-hydrogen) atoms. The Morgan fingerprint density at radius 3 is 1.17 bits per heavy atom. The van der Waals surface area contributed by atoms with E-state index in [2.05, 4.69) is 0 Å². The maximum absolute atomic E-state index is 10.4. The molecular weight excluding hydrogens is 119 g/mol. The quantitative estimate of drug-likeness (QED) is 0.418. The second kappa shape index (κ2) is 3.49. The molecule has 34 valence electrons. The summed E-state index contributed by atoms with van der Waals surface area (Å²) in [5.41, 5.74) is 0. The summed E-state index contributed by atoms with van der Waals surface area (Å²) in [5, 5.41) is 0. The summed E-state index contributed by atoms with van der Waals surface area (Å²) in [6.07, 6.45) is 0. The van der Waals surface area contributed by atoms with Gasteiger partial charge < -0.3 is 12.9 Å². The monoisotopic (exact) mass is 123 g/mol. The fourth-order valence-electron chi connectivity index (χ4n) is 0. The van der Waals surface area contributed by atoms with Crippen molar-refractivity contribution >= 4 is 58.4 Å². The molecule has 0 fully saturated rings. The van der Waals surface area contributed by atoms with Crippen LogP contribution in [0.5, 0.6) is 0 Å². The topological polar surface area (TPSA) is 0 Å². The van der Waals surface area contributed by atoms with Gasteiger partial charge in [0.2, 0.25) is 0 Å². The van der Waals surface area contributed by atoms with E-state index in [1.165, 1.54) is 0 Å². The molecule has 0 aliphatic rings. The van der Waals surface area contributed by atoms with E-state index in [0.717, 1.165) is 0 Å². The molecule has 0 radical (unpaired) electrons. The molecule has 0 nitrogen and oxygen atoms in total. The van der Waals surface area contributed by atoms with Gasteiger partial charge in [-0.2, -0.15) is 0 Å². The molecule has 0 spiro atoms. The standard InChI is InChI=1S/CH3BF3.K.H/c1-2(3,4)5;;/h1H3;;/q-1;;. The number of rotatable bonds is 0. The van der Waals surface area contributed by atoms with Crippen LogP contribution in [-0.4, -0.2) is 58.4 Å². The number of hydrogen-bond donors (Lipinski definition) is 0. The molecule has 0 N–H and O–H groups in total. The molecular formula is CH4BF3K-. The molecule has 0 bridgehead atoms.